The third-order valence-electron chi connectivity index (χ3n) is 6.20. The first-order chi connectivity index (χ1) is 15.6. The Bertz CT molecular complexity index is 818. The molecule has 0 saturated heterocycles. The molecule has 1 aliphatic rings. The van der Waals surface area contributed by atoms with Crippen LogP contribution in [0.25, 0.3) is 10.9 Å². The second kappa shape index (κ2) is 14.2. The summed E-state index contributed by atoms with van der Waals surface area (Å²) in [6.07, 6.45) is 10.9. The molecule has 0 fully saturated rings. The summed E-state index contributed by atoms with van der Waals surface area (Å²) in [7, 11) is 1.69. The summed E-state index contributed by atoms with van der Waals surface area (Å²) in [4.78, 5) is 7.06. The van der Waals surface area contributed by atoms with Crippen molar-refractivity contribution in [3.8, 4) is 11.5 Å². The van der Waals surface area contributed by atoms with Crippen molar-refractivity contribution in [2.45, 2.75) is 85.5 Å². The summed E-state index contributed by atoms with van der Waals surface area (Å²) in [6.45, 7) is 12.8. The van der Waals surface area contributed by atoms with Gasteiger partial charge < -0.3 is 20.1 Å². The van der Waals surface area contributed by atoms with Gasteiger partial charge in [0.1, 0.15) is 5.82 Å². The van der Waals surface area contributed by atoms with E-state index in [1.54, 1.807) is 7.11 Å². The zero-order valence-corrected chi connectivity index (χ0v) is 21.1. The van der Waals surface area contributed by atoms with E-state index in [0.29, 0.717) is 12.4 Å². The SMILES string of the molecule is CCCCCC.CCCN(CC)CCCOc1cc2nc(N)c3c(c2cc1OC)CCC3. The van der Waals surface area contributed by atoms with Crippen molar-refractivity contribution in [2.24, 2.45) is 0 Å². The van der Waals surface area contributed by atoms with Crippen LogP contribution in [-0.2, 0) is 12.8 Å². The van der Waals surface area contributed by atoms with Crippen molar-refractivity contribution >= 4 is 16.7 Å². The molecule has 2 N–H and O–H groups in total. The summed E-state index contributed by atoms with van der Waals surface area (Å²) in [5, 5.41) is 1.15. The number of rotatable bonds is 12. The van der Waals surface area contributed by atoms with E-state index in [0.717, 1.165) is 67.7 Å². The maximum Gasteiger partial charge on any atom is 0.163 e. The standard InChI is InChI=1S/C21H31N3O2.C6H14/c1-4-10-24(5-2)11-7-12-26-20-14-18-17(13-19(20)25-3)15-8-6-9-16(15)21(22)23-18;1-3-5-6-4-2/h13-14H,4-12H2,1-3H3,(H2,22,23);3-6H2,1-2H3. The van der Waals surface area contributed by atoms with Gasteiger partial charge in [-0.3, -0.25) is 0 Å². The molecule has 32 heavy (non-hydrogen) atoms. The topological polar surface area (TPSA) is 60.6 Å². The largest absolute Gasteiger partial charge is 0.493 e. The molecule has 5 nitrogen and oxygen atoms in total. The molecule has 2 aromatic rings. The third-order valence-corrected chi connectivity index (χ3v) is 6.20. The molecule has 0 amide bonds. The number of nitrogens with two attached hydrogens (primary N) is 1. The van der Waals surface area contributed by atoms with Gasteiger partial charge in [-0.15, -0.1) is 0 Å². The predicted octanol–water partition coefficient (Wildman–Crippen LogP) is 6.40. The molecule has 180 valence electrons. The quantitative estimate of drug-likeness (QED) is 0.385. The fourth-order valence-electron chi connectivity index (χ4n) is 4.39. The number of aryl methyl sites for hydroxylation is 1. The van der Waals surface area contributed by atoms with Crippen molar-refractivity contribution in [1.29, 1.82) is 0 Å². The number of anilines is 1. The fraction of sp³-hybridized carbons (Fsp3) is 0.667. The number of nitrogen functional groups attached to an aromatic ring is 1. The van der Waals surface area contributed by atoms with Crippen molar-refractivity contribution in [1.82, 2.24) is 9.88 Å². The lowest BCUT2D eigenvalue weighted by atomic mass is 10.0. The number of aromatic nitrogens is 1. The van der Waals surface area contributed by atoms with Crippen LogP contribution < -0.4 is 15.2 Å². The zero-order chi connectivity index (χ0) is 23.3. The smallest absolute Gasteiger partial charge is 0.163 e. The minimum atomic E-state index is 0.666. The molecule has 0 atom stereocenters. The van der Waals surface area contributed by atoms with E-state index in [-0.39, 0.29) is 0 Å². The highest BCUT2D eigenvalue weighted by molar-refractivity contribution is 5.89. The normalized spacial score (nSPS) is 12.6. The lowest BCUT2D eigenvalue weighted by Gasteiger charge is -2.19. The Labute approximate surface area is 195 Å². The van der Waals surface area contributed by atoms with Crippen LogP contribution in [-0.4, -0.2) is 43.2 Å². The van der Waals surface area contributed by atoms with Crippen LogP contribution in [0.5, 0.6) is 11.5 Å². The van der Waals surface area contributed by atoms with Crippen LogP contribution in [0.2, 0.25) is 0 Å². The Morgan fingerprint density at radius 3 is 2.25 bits per heavy atom. The molecular formula is C27H45N3O2. The number of nitrogens with zero attached hydrogens (tertiary/aromatic N) is 2. The highest BCUT2D eigenvalue weighted by atomic mass is 16.5. The average molecular weight is 444 g/mol. The highest BCUT2D eigenvalue weighted by Gasteiger charge is 2.20. The van der Waals surface area contributed by atoms with E-state index in [4.69, 9.17) is 15.2 Å². The fourth-order valence-corrected chi connectivity index (χ4v) is 4.39. The Kier molecular flexibility index (Phi) is 11.6. The molecule has 0 radical (unpaired) electrons. The van der Waals surface area contributed by atoms with Gasteiger partial charge in [-0.1, -0.05) is 53.4 Å². The van der Waals surface area contributed by atoms with E-state index in [9.17, 15) is 0 Å². The Balaban J connectivity index is 0.000000534. The van der Waals surface area contributed by atoms with Crippen LogP contribution in [0.3, 0.4) is 0 Å². The van der Waals surface area contributed by atoms with E-state index in [1.165, 1.54) is 43.2 Å². The first-order valence-corrected chi connectivity index (χ1v) is 12.7. The number of ether oxygens (including phenoxy) is 2. The van der Waals surface area contributed by atoms with Gasteiger partial charge >= 0.3 is 0 Å². The molecule has 1 aliphatic carbocycles. The monoisotopic (exact) mass is 443 g/mol. The van der Waals surface area contributed by atoms with E-state index >= 15 is 0 Å². The van der Waals surface area contributed by atoms with E-state index < -0.39 is 0 Å². The minimum Gasteiger partial charge on any atom is -0.493 e. The lowest BCUT2D eigenvalue weighted by Crippen LogP contribution is -2.26. The van der Waals surface area contributed by atoms with Crippen LogP contribution in [0.4, 0.5) is 5.82 Å². The number of pyridine rings is 1. The van der Waals surface area contributed by atoms with Gasteiger partial charge in [-0.2, -0.15) is 0 Å². The maximum absolute atomic E-state index is 6.17. The second-order valence-corrected chi connectivity index (χ2v) is 8.67. The Hall–Kier alpha value is -2.01. The molecule has 0 aliphatic heterocycles. The van der Waals surface area contributed by atoms with Gasteiger partial charge in [0, 0.05) is 18.0 Å². The summed E-state index contributed by atoms with van der Waals surface area (Å²) < 4.78 is 11.6. The van der Waals surface area contributed by atoms with Gasteiger partial charge in [-0.05, 0) is 62.4 Å². The van der Waals surface area contributed by atoms with Gasteiger partial charge in [0.05, 0.1) is 19.2 Å². The molecule has 0 bridgehead atoms. The van der Waals surface area contributed by atoms with Gasteiger partial charge in [0.15, 0.2) is 11.5 Å². The van der Waals surface area contributed by atoms with Crippen LogP contribution in [0, 0.1) is 0 Å². The summed E-state index contributed by atoms with van der Waals surface area (Å²) in [5.41, 5.74) is 9.61. The van der Waals surface area contributed by atoms with Crippen molar-refractivity contribution in [2.75, 3.05) is 39.1 Å². The summed E-state index contributed by atoms with van der Waals surface area (Å²) >= 11 is 0. The lowest BCUT2D eigenvalue weighted by molar-refractivity contribution is 0.236. The highest BCUT2D eigenvalue weighted by Crippen LogP contribution is 2.38. The van der Waals surface area contributed by atoms with Crippen molar-refractivity contribution in [3.05, 3.63) is 23.3 Å². The number of methoxy groups -OCH3 is 1. The second-order valence-electron chi connectivity index (χ2n) is 8.67. The molecule has 0 saturated carbocycles. The molecule has 1 aromatic heterocycles. The van der Waals surface area contributed by atoms with Gasteiger partial charge in [0.2, 0.25) is 0 Å². The van der Waals surface area contributed by atoms with Crippen molar-refractivity contribution < 1.29 is 9.47 Å². The number of hydrogen-bond donors (Lipinski definition) is 1. The number of hydrogen-bond acceptors (Lipinski definition) is 5. The number of benzene rings is 1. The summed E-state index contributed by atoms with van der Waals surface area (Å²) in [6, 6.07) is 4.05. The molecule has 3 rings (SSSR count). The first-order valence-electron chi connectivity index (χ1n) is 12.7. The Morgan fingerprint density at radius 2 is 1.62 bits per heavy atom. The van der Waals surface area contributed by atoms with Crippen molar-refractivity contribution in [3.63, 3.8) is 0 Å². The zero-order valence-electron chi connectivity index (χ0n) is 21.1. The van der Waals surface area contributed by atoms with E-state index in [1.807, 2.05) is 6.07 Å². The molecule has 5 heteroatoms. The third kappa shape index (κ3) is 7.26. The maximum atomic E-state index is 6.17. The average Bonchev–Trinajstić information content (AvgIpc) is 3.30. The molecule has 0 unspecified atom stereocenters. The number of unbranched alkanes of at least 4 members (excludes halogenated alkanes) is 3. The van der Waals surface area contributed by atoms with Crippen LogP contribution in [0.15, 0.2) is 12.1 Å². The summed E-state index contributed by atoms with van der Waals surface area (Å²) in [5.74, 6) is 2.20. The van der Waals surface area contributed by atoms with Gasteiger partial charge in [0.25, 0.3) is 0 Å². The first kappa shape index (κ1) is 26.2. The Morgan fingerprint density at radius 1 is 0.906 bits per heavy atom. The van der Waals surface area contributed by atoms with Crippen LogP contribution >= 0.6 is 0 Å². The van der Waals surface area contributed by atoms with Gasteiger partial charge in [-0.25, -0.2) is 4.98 Å². The molecule has 1 aromatic carbocycles. The molecular weight excluding hydrogens is 398 g/mol. The minimum absolute atomic E-state index is 0.666. The van der Waals surface area contributed by atoms with E-state index in [2.05, 4.69) is 43.6 Å². The predicted molar refractivity (Wildman–Crippen MR) is 137 cm³/mol. The van der Waals surface area contributed by atoms with Crippen LogP contribution in [0.1, 0.15) is 83.8 Å². The molecule has 0 spiro atoms. The number of fused-ring (bicyclic) bond motifs is 3. The molecule has 1 heterocycles.